The highest BCUT2D eigenvalue weighted by Crippen LogP contribution is 2.32. The standard InChI is InChI=1S/C11H11N3O2S/c15-10-8-6-1-4-16-5-7(6)17-9(8)13-11-12-2-3-14(10)11/h1-5H2,(H,12,13). The van der Waals surface area contributed by atoms with Gasteiger partial charge in [-0.2, -0.15) is 0 Å². The molecule has 4 rings (SSSR count). The molecule has 5 nitrogen and oxygen atoms in total. The Hall–Kier alpha value is -1.40. The van der Waals surface area contributed by atoms with Crippen molar-refractivity contribution in [3.8, 4) is 0 Å². The first-order valence-electron chi connectivity index (χ1n) is 5.71. The Labute approximate surface area is 101 Å². The SMILES string of the molecule is O=c1c2c3c(sc2nc2n1CCN2)COCC3. The molecule has 4 heterocycles. The van der Waals surface area contributed by atoms with Gasteiger partial charge in [-0.15, -0.1) is 11.3 Å². The molecule has 0 saturated heterocycles. The van der Waals surface area contributed by atoms with Crippen molar-refractivity contribution in [2.75, 3.05) is 18.5 Å². The van der Waals surface area contributed by atoms with E-state index in [2.05, 4.69) is 10.3 Å². The van der Waals surface area contributed by atoms with Gasteiger partial charge in [0.05, 0.1) is 18.6 Å². The van der Waals surface area contributed by atoms with Crippen molar-refractivity contribution in [1.82, 2.24) is 9.55 Å². The van der Waals surface area contributed by atoms with Crippen LogP contribution in [0.3, 0.4) is 0 Å². The number of fused-ring (bicyclic) bond motifs is 4. The first-order valence-corrected chi connectivity index (χ1v) is 6.53. The second kappa shape index (κ2) is 3.30. The normalized spacial score (nSPS) is 17.9. The highest BCUT2D eigenvalue weighted by atomic mass is 32.1. The van der Waals surface area contributed by atoms with E-state index in [0.29, 0.717) is 19.2 Å². The second-order valence-corrected chi connectivity index (χ2v) is 5.39. The summed E-state index contributed by atoms with van der Waals surface area (Å²) >= 11 is 1.59. The number of anilines is 1. The topological polar surface area (TPSA) is 56.2 Å². The van der Waals surface area contributed by atoms with Crippen LogP contribution in [0.25, 0.3) is 10.2 Å². The van der Waals surface area contributed by atoms with Gasteiger partial charge in [0.2, 0.25) is 5.95 Å². The Morgan fingerprint density at radius 3 is 3.35 bits per heavy atom. The van der Waals surface area contributed by atoms with Crippen LogP contribution in [0, 0.1) is 0 Å². The molecule has 0 atom stereocenters. The zero-order valence-electron chi connectivity index (χ0n) is 9.15. The van der Waals surface area contributed by atoms with Crippen LogP contribution in [0.5, 0.6) is 0 Å². The number of thiophene rings is 1. The summed E-state index contributed by atoms with van der Waals surface area (Å²) in [7, 11) is 0. The predicted octanol–water partition coefficient (Wildman–Crippen LogP) is 0.956. The monoisotopic (exact) mass is 249 g/mol. The Kier molecular flexibility index (Phi) is 1.87. The average molecular weight is 249 g/mol. The van der Waals surface area contributed by atoms with Crippen molar-refractivity contribution in [2.24, 2.45) is 0 Å². The van der Waals surface area contributed by atoms with Crippen LogP contribution in [-0.2, 0) is 24.3 Å². The quantitative estimate of drug-likeness (QED) is 0.755. The Morgan fingerprint density at radius 2 is 2.41 bits per heavy atom. The lowest BCUT2D eigenvalue weighted by molar-refractivity contribution is 0.114. The molecule has 0 bridgehead atoms. The summed E-state index contributed by atoms with van der Waals surface area (Å²) in [6, 6.07) is 0. The fraction of sp³-hybridized carbons (Fsp3) is 0.455. The molecule has 0 spiro atoms. The summed E-state index contributed by atoms with van der Waals surface area (Å²) in [6.45, 7) is 2.85. The number of aromatic nitrogens is 2. The summed E-state index contributed by atoms with van der Waals surface area (Å²) in [5.74, 6) is 0.710. The smallest absolute Gasteiger partial charge is 0.264 e. The van der Waals surface area contributed by atoms with Gasteiger partial charge in [0, 0.05) is 18.0 Å². The van der Waals surface area contributed by atoms with E-state index in [4.69, 9.17) is 4.74 Å². The van der Waals surface area contributed by atoms with Crippen LogP contribution < -0.4 is 10.9 Å². The van der Waals surface area contributed by atoms with Gasteiger partial charge in [0.15, 0.2) is 0 Å². The van der Waals surface area contributed by atoms with Crippen LogP contribution >= 0.6 is 11.3 Å². The molecule has 2 aromatic heterocycles. The summed E-state index contributed by atoms with van der Waals surface area (Å²) in [5.41, 5.74) is 1.27. The van der Waals surface area contributed by atoms with E-state index in [1.54, 1.807) is 15.9 Å². The molecule has 2 aliphatic heterocycles. The van der Waals surface area contributed by atoms with Crippen molar-refractivity contribution in [2.45, 2.75) is 19.6 Å². The minimum absolute atomic E-state index is 0.106. The van der Waals surface area contributed by atoms with Gasteiger partial charge in [-0.1, -0.05) is 0 Å². The average Bonchev–Trinajstić information content (AvgIpc) is 2.92. The number of ether oxygens (including phenoxy) is 1. The Morgan fingerprint density at radius 1 is 1.47 bits per heavy atom. The van der Waals surface area contributed by atoms with E-state index in [1.165, 1.54) is 4.88 Å². The van der Waals surface area contributed by atoms with Gasteiger partial charge in [0.25, 0.3) is 5.56 Å². The van der Waals surface area contributed by atoms with E-state index < -0.39 is 0 Å². The summed E-state index contributed by atoms with van der Waals surface area (Å²) in [5, 5.41) is 3.96. The molecule has 0 amide bonds. The van der Waals surface area contributed by atoms with Crippen molar-refractivity contribution in [3.63, 3.8) is 0 Å². The third kappa shape index (κ3) is 1.22. The van der Waals surface area contributed by atoms with Gasteiger partial charge in [-0.3, -0.25) is 9.36 Å². The molecule has 2 aromatic rings. The summed E-state index contributed by atoms with van der Waals surface area (Å²) in [6.07, 6.45) is 0.832. The molecule has 0 saturated carbocycles. The van der Waals surface area contributed by atoms with Crippen LogP contribution in [0.4, 0.5) is 5.95 Å². The molecule has 0 radical (unpaired) electrons. The number of hydrogen-bond donors (Lipinski definition) is 1. The maximum Gasteiger partial charge on any atom is 0.264 e. The maximum absolute atomic E-state index is 12.4. The van der Waals surface area contributed by atoms with Crippen molar-refractivity contribution >= 4 is 27.5 Å². The van der Waals surface area contributed by atoms with Crippen LogP contribution in [0.15, 0.2) is 4.79 Å². The van der Waals surface area contributed by atoms with Crippen molar-refractivity contribution < 1.29 is 4.74 Å². The second-order valence-electron chi connectivity index (χ2n) is 4.31. The molecule has 0 aromatic carbocycles. The first-order chi connectivity index (χ1) is 8.34. The number of rotatable bonds is 0. The molecule has 1 N–H and O–H groups in total. The fourth-order valence-corrected chi connectivity index (χ4v) is 3.67. The lowest BCUT2D eigenvalue weighted by Crippen LogP contribution is -2.20. The van der Waals surface area contributed by atoms with Gasteiger partial charge in [-0.25, -0.2) is 4.98 Å². The molecular formula is C11H11N3O2S. The maximum atomic E-state index is 12.4. The third-order valence-electron chi connectivity index (χ3n) is 3.34. The highest BCUT2D eigenvalue weighted by molar-refractivity contribution is 7.18. The van der Waals surface area contributed by atoms with E-state index in [-0.39, 0.29) is 5.56 Å². The van der Waals surface area contributed by atoms with Crippen LogP contribution in [-0.4, -0.2) is 22.7 Å². The van der Waals surface area contributed by atoms with Crippen LogP contribution in [0.1, 0.15) is 10.4 Å². The third-order valence-corrected chi connectivity index (χ3v) is 4.44. The van der Waals surface area contributed by atoms with Gasteiger partial charge in [0.1, 0.15) is 4.83 Å². The van der Waals surface area contributed by atoms with E-state index >= 15 is 0 Å². The lowest BCUT2D eigenvalue weighted by Gasteiger charge is -2.11. The van der Waals surface area contributed by atoms with E-state index in [0.717, 1.165) is 35.3 Å². The highest BCUT2D eigenvalue weighted by Gasteiger charge is 2.23. The van der Waals surface area contributed by atoms with Crippen molar-refractivity contribution in [3.05, 3.63) is 20.8 Å². The van der Waals surface area contributed by atoms with Gasteiger partial charge >= 0.3 is 0 Å². The molecule has 0 aliphatic carbocycles. The summed E-state index contributed by atoms with van der Waals surface area (Å²) < 4.78 is 7.17. The molecule has 0 unspecified atom stereocenters. The molecular weight excluding hydrogens is 238 g/mol. The number of hydrogen-bond acceptors (Lipinski definition) is 5. The van der Waals surface area contributed by atoms with E-state index in [9.17, 15) is 4.79 Å². The van der Waals surface area contributed by atoms with Gasteiger partial charge < -0.3 is 10.1 Å². The van der Waals surface area contributed by atoms with Gasteiger partial charge in [-0.05, 0) is 12.0 Å². The summed E-state index contributed by atoms with van der Waals surface area (Å²) in [4.78, 5) is 19.0. The van der Waals surface area contributed by atoms with Crippen molar-refractivity contribution in [1.29, 1.82) is 0 Å². The zero-order valence-corrected chi connectivity index (χ0v) is 9.97. The lowest BCUT2D eigenvalue weighted by atomic mass is 10.1. The number of nitrogens with zero attached hydrogens (tertiary/aromatic N) is 2. The fourth-order valence-electron chi connectivity index (χ4n) is 2.53. The zero-order chi connectivity index (χ0) is 11.4. The number of nitrogens with one attached hydrogen (secondary N) is 1. The van der Waals surface area contributed by atoms with Crippen LogP contribution in [0.2, 0.25) is 0 Å². The molecule has 17 heavy (non-hydrogen) atoms. The minimum atomic E-state index is 0.106. The first kappa shape index (κ1) is 9.61. The molecule has 2 aliphatic rings. The molecule has 88 valence electrons. The Bertz CT molecular complexity index is 673. The minimum Gasteiger partial charge on any atom is -0.376 e. The van der Waals surface area contributed by atoms with E-state index in [1.807, 2.05) is 0 Å². The Balaban J connectivity index is 2.12. The predicted molar refractivity (Wildman–Crippen MR) is 65.7 cm³/mol. The molecule has 6 heteroatoms. The largest absolute Gasteiger partial charge is 0.376 e. The molecule has 0 fully saturated rings.